The maximum Gasteiger partial charge on any atom is 0.285 e. The van der Waals surface area contributed by atoms with Gasteiger partial charge in [0.25, 0.3) is 10.0 Å². The molecule has 1 heterocycles. The second-order valence-corrected chi connectivity index (χ2v) is 6.80. The van der Waals surface area contributed by atoms with Crippen molar-refractivity contribution in [1.82, 2.24) is 5.01 Å². The zero-order valence-electron chi connectivity index (χ0n) is 13.3. The highest BCUT2D eigenvalue weighted by molar-refractivity contribution is 7.90. The number of methoxy groups -OCH3 is 1. The highest BCUT2D eigenvalue weighted by Gasteiger charge is 2.31. The van der Waals surface area contributed by atoms with E-state index in [1.165, 1.54) is 37.5 Å². The molecular weight excluding hydrogens is 349 g/mol. The number of hydrogen-bond donors (Lipinski definition) is 1. The molecule has 9 heteroatoms. The molecular formula is C16H14FN3O4S. The fourth-order valence-electron chi connectivity index (χ4n) is 2.33. The Kier molecular flexibility index (Phi) is 4.17. The van der Waals surface area contributed by atoms with Gasteiger partial charge in [0.2, 0.25) is 0 Å². The second kappa shape index (κ2) is 6.17. The second-order valence-electron chi connectivity index (χ2n) is 5.23. The van der Waals surface area contributed by atoms with Crippen molar-refractivity contribution < 1.29 is 22.7 Å². The summed E-state index contributed by atoms with van der Waals surface area (Å²) in [6.07, 6.45) is 1.44. The SMILES string of the molecule is COc1cc(C=NN(C)C2=NS(=O)(=O)c3ccc(F)cc32)ccc1O. The van der Waals surface area contributed by atoms with E-state index in [0.717, 1.165) is 12.1 Å². The summed E-state index contributed by atoms with van der Waals surface area (Å²) in [7, 11) is -0.938. The Bertz CT molecular complexity index is 1000. The topological polar surface area (TPSA) is 91.6 Å². The summed E-state index contributed by atoms with van der Waals surface area (Å²) in [6.45, 7) is 0. The molecule has 0 bridgehead atoms. The molecule has 2 aromatic carbocycles. The summed E-state index contributed by atoms with van der Waals surface area (Å²) < 4.78 is 46.2. The Hall–Kier alpha value is -2.94. The fourth-order valence-corrected chi connectivity index (χ4v) is 3.54. The lowest BCUT2D eigenvalue weighted by molar-refractivity contribution is 0.373. The predicted molar refractivity (Wildman–Crippen MR) is 90.1 cm³/mol. The van der Waals surface area contributed by atoms with E-state index < -0.39 is 15.8 Å². The number of sulfonamides is 1. The maximum atomic E-state index is 13.5. The normalized spacial score (nSPS) is 15.1. The number of hydrazone groups is 1. The Labute approximate surface area is 143 Å². The van der Waals surface area contributed by atoms with Crippen LogP contribution in [0.5, 0.6) is 11.5 Å². The lowest BCUT2D eigenvalue weighted by Gasteiger charge is -2.12. The monoisotopic (exact) mass is 363 g/mol. The van der Waals surface area contributed by atoms with Crippen LogP contribution >= 0.6 is 0 Å². The van der Waals surface area contributed by atoms with Crippen LogP contribution in [0.4, 0.5) is 4.39 Å². The number of aromatic hydroxyl groups is 1. The van der Waals surface area contributed by atoms with Gasteiger partial charge in [-0.25, -0.2) is 9.40 Å². The maximum absolute atomic E-state index is 13.5. The molecule has 7 nitrogen and oxygen atoms in total. The van der Waals surface area contributed by atoms with Crippen LogP contribution < -0.4 is 4.74 Å². The molecule has 0 aromatic heterocycles. The minimum absolute atomic E-state index is 0.0105. The molecule has 25 heavy (non-hydrogen) atoms. The average Bonchev–Trinajstić information content (AvgIpc) is 2.84. The number of fused-ring (bicyclic) bond motifs is 1. The molecule has 1 aliphatic rings. The Morgan fingerprint density at radius 3 is 2.76 bits per heavy atom. The van der Waals surface area contributed by atoms with Gasteiger partial charge >= 0.3 is 0 Å². The minimum Gasteiger partial charge on any atom is -0.504 e. The van der Waals surface area contributed by atoms with Gasteiger partial charge in [0.05, 0.1) is 13.3 Å². The third-order valence-electron chi connectivity index (χ3n) is 3.56. The predicted octanol–water partition coefficient (Wildman–Crippen LogP) is 1.95. The third kappa shape index (κ3) is 3.18. The number of phenols is 1. The molecule has 3 rings (SSSR count). The smallest absolute Gasteiger partial charge is 0.285 e. The standard InChI is InChI=1S/C16H14FN3O4S/c1-20(18-9-10-3-5-13(21)14(7-10)24-2)16-12-8-11(17)4-6-15(12)25(22,23)19-16/h3-9,21H,1-2H3. The average molecular weight is 363 g/mol. The molecule has 0 spiro atoms. The van der Waals surface area contributed by atoms with Crippen LogP contribution in [0.3, 0.4) is 0 Å². The molecule has 0 saturated heterocycles. The fraction of sp³-hybridized carbons (Fsp3) is 0.125. The van der Waals surface area contributed by atoms with Crippen molar-refractivity contribution >= 4 is 22.1 Å². The number of ether oxygens (including phenoxy) is 1. The number of rotatable bonds is 3. The van der Waals surface area contributed by atoms with Crippen LogP contribution in [0.25, 0.3) is 0 Å². The van der Waals surface area contributed by atoms with Gasteiger partial charge in [-0.15, -0.1) is 4.40 Å². The van der Waals surface area contributed by atoms with E-state index in [4.69, 9.17) is 4.74 Å². The molecule has 0 fully saturated rings. The molecule has 130 valence electrons. The molecule has 0 amide bonds. The Morgan fingerprint density at radius 2 is 2.04 bits per heavy atom. The zero-order chi connectivity index (χ0) is 18.2. The van der Waals surface area contributed by atoms with Gasteiger partial charge in [-0.05, 0) is 42.0 Å². The molecule has 1 aliphatic heterocycles. The van der Waals surface area contributed by atoms with Crippen LogP contribution in [0, 0.1) is 5.82 Å². The zero-order valence-corrected chi connectivity index (χ0v) is 14.2. The van der Waals surface area contributed by atoms with Gasteiger partial charge in [0, 0.05) is 12.6 Å². The van der Waals surface area contributed by atoms with Crippen molar-refractivity contribution in [2.24, 2.45) is 9.50 Å². The van der Waals surface area contributed by atoms with Gasteiger partial charge in [-0.2, -0.15) is 13.5 Å². The number of benzene rings is 2. The van der Waals surface area contributed by atoms with E-state index in [9.17, 15) is 17.9 Å². The first kappa shape index (κ1) is 16.9. The number of halogens is 1. The summed E-state index contributed by atoms with van der Waals surface area (Å²) >= 11 is 0. The molecule has 0 unspecified atom stereocenters. The van der Waals surface area contributed by atoms with Crippen LogP contribution in [0.1, 0.15) is 11.1 Å². The van der Waals surface area contributed by atoms with E-state index in [1.807, 2.05) is 0 Å². The number of hydrogen-bond acceptors (Lipinski definition) is 6. The first-order valence-electron chi connectivity index (χ1n) is 7.11. The first-order chi connectivity index (χ1) is 11.8. The van der Waals surface area contributed by atoms with Crippen molar-refractivity contribution in [2.75, 3.05) is 14.2 Å². The van der Waals surface area contributed by atoms with Crippen LogP contribution in [-0.4, -0.2) is 44.7 Å². The molecule has 0 radical (unpaired) electrons. The van der Waals surface area contributed by atoms with Crippen molar-refractivity contribution in [3.8, 4) is 11.5 Å². The number of phenolic OH excluding ortho intramolecular Hbond substituents is 1. The van der Waals surface area contributed by atoms with Crippen molar-refractivity contribution in [2.45, 2.75) is 4.90 Å². The van der Waals surface area contributed by atoms with Gasteiger partial charge in [0.15, 0.2) is 17.3 Å². The highest BCUT2D eigenvalue weighted by Crippen LogP contribution is 2.28. The largest absolute Gasteiger partial charge is 0.504 e. The minimum atomic E-state index is -3.86. The summed E-state index contributed by atoms with van der Waals surface area (Å²) in [4.78, 5) is -0.0581. The summed E-state index contributed by atoms with van der Waals surface area (Å²) in [5.74, 6) is -0.274. The molecule has 1 N–H and O–H groups in total. The highest BCUT2D eigenvalue weighted by atomic mass is 32.2. The van der Waals surface area contributed by atoms with E-state index in [2.05, 4.69) is 9.50 Å². The van der Waals surface area contributed by atoms with Crippen LogP contribution in [-0.2, 0) is 10.0 Å². The van der Waals surface area contributed by atoms with Crippen LogP contribution in [0.2, 0.25) is 0 Å². The summed E-state index contributed by atoms with van der Waals surface area (Å²) in [5.41, 5.74) is 0.769. The molecule has 0 saturated carbocycles. The number of amidine groups is 1. The lowest BCUT2D eigenvalue weighted by Crippen LogP contribution is -2.21. The molecule has 2 aromatic rings. The summed E-state index contributed by atoms with van der Waals surface area (Å²) in [6, 6.07) is 7.97. The van der Waals surface area contributed by atoms with Crippen molar-refractivity contribution in [1.29, 1.82) is 0 Å². The van der Waals surface area contributed by atoms with Crippen molar-refractivity contribution in [3.05, 3.63) is 53.3 Å². The van der Waals surface area contributed by atoms with Gasteiger partial charge in [-0.3, -0.25) is 0 Å². The molecule has 0 aliphatic carbocycles. The van der Waals surface area contributed by atoms with Crippen LogP contribution in [0.15, 0.2) is 50.8 Å². The van der Waals surface area contributed by atoms with Gasteiger partial charge < -0.3 is 9.84 Å². The van der Waals surface area contributed by atoms with E-state index in [-0.39, 0.29) is 27.8 Å². The first-order valence-corrected chi connectivity index (χ1v) is 8.55. The van der Waals surface area contributed by atoms with E-state index in [0.29, 0.717) is 5.56 Å². The Balaban J connectivity index is 1.92. The number of nitrogens with zero attached hydrogens (tertiary/aromatic N) is 3. The third-order valence-corrected chi connectivity index (χ3v) is 4.88. The van der Waals surface area contributed by atoms with Gasteiger partial charge in [-0.1, -0.05) is 0 Å². The van der Waals surface area contributed by atoms with Gasteiger partial charge in [0.1, 0.15) is 10.7 Å². The van der Waals surface area contributed by atoms with Crippen molar-refractivity contribution in [3.63, 3.8) is 0 Å². The Morgan fingerprint density at radius 1 is 1.28 bits per heavy atom. The quantitative estimate of drug-likeness (QED) is 0.665. The summed E-state index contributed by atoms with van der Waals surface area (Å²) in [5, 5.41) is 14.9. The molecule has 0 atom stereocenters. The van der Waals surface area contributed by atoms with E-state index in [1.54, 1.807) is 12.1 Å². The lowest BCUT2D eigenvalue weighted by atomic mass is 10.2. The van der Waals surface area contributed by atoms with E-state index >= 15 is 0 Å².